The number of carbonyl (C=O) groups excluding carboxylic acids is 2. The van der Waals surface area contributed by atoms with E-state index in [-0.39, 0.29) is 24.1 Å². The number of thioether (sulfide) groups is 1. The van der Waals surface area contributed by atoms with Gasteiger partial charge in [0.05, 0.1) is 22.3 Å². The monoisotopic (exact) mass is 633 g/mol. The van der Waals surface area contributed by atoms with Crippen LogP contribution in [0.3, 0.4) is 0 Å². The molecule has 1 fully saturated rings. The quantitative estimate of drug-likeness (QED) is 0.301. The number of halogens is 1. The molecule has 7 rings (SSSR count). The van der Waals surface area contributed by atoms with Crippen LogP contribution in [0.15, 0.2) is 52.6 Å². The number of ether oxygens (including phenoxy) is 1. The van der Waals surface area contributed by atoms with Crippen molar-refractivity contribution < 1.29 is 14.3 Å². The van der Waals surface area contributed by atoms with Gasteiger partial charge in [-0.05, 0) is 54.8 Å². The van der Waals surface area contributed by atoms with Gasteiger partial charge in [-0.25, -0.2) is 14.8 Å². The van der Waals surface area contributed by atoms with Crippen LogP contribution in [0.25, 0.3) is 16.9 Å². The van der Waals surface area contributed by atoms with E-state index in [9.17, 15) is 14.4 Å². The second-order valence-corrected chi connectivity index (χ2v) is 12.8. The molecule has 1 N–H and O–H groups in total. The first-order chi connectivity index (χ1) is 21.3. The number of rotatable bonds is 7. The van der Waals surface area contributed by atoms with Gasteiger partial charge in [0, 0.05) is 59.2 Å². The number of aromatic amines is 1. The van der Waals surface area contributed by atoms with Crippen molar-refractivity contribution in [3.05, 3.63) is 80.5 Å². The number of hydrogen-bond donors (Lipinski definition) is 1. The van der Waals surface area contributed by atoms with Crippen molar-refractivity contribution in [2.24, 2.45) is 0 Å². The number of esters is 1. The lowest BCUT2D eigenvalue weighted by molar-refractivity contribution is -0.147. The van der Waals surface area contributed by atoms with Gasteiger partial charge in [0.25, 0.3) is 11.5 Å². The molecule has 0 aliphatic carbocycles. The Hall–Kier alpha value is -4.30. The SMILES string of the molecule is CC1(c2cnc(C3CCc4nc(-c5cc(Cl)ccc5-n5cnnn5)cc(=O)n43)[nH]2)C=C(C(=O)OCC(=O)N2CCCC2)SC1. The van der Waals surface area contributed by atoms with Gasteiger partial charge in [-0.3, -0.25) is 14.2 Å². The molecule has 1 saturated heterocycles. The number of H-pyrrole nitrogens is 1. The van der Waals surface area contributed by atoms with Gasteiger partial charge < -0.3 is 14.6 Å². The summed E-state index contributed by atoms with van der Waals surface area (Å²) in [6.07, 6.45) is 8.30. The minimum atomic E-state index is -0.503. The van der Waals surface area contributed by atoms with Gasteiger partial charge in [0.2, 0.25) is 0 Å². The summed E-state index contributed by atoms with van der Waals surface area (Å²) < 4.78 is 8.51. The summed E-state index contributed by atoms with van der Waals surface area (Å²) in [6, 6.07) is 6.44. The number of fused-ring (bicyclic) bond motifs is 1. The fraction of sp³-hybridized carbons (Fsp3) is 0.379. The number of amides is 1. The predicted octanol–water partition coefficient (Wildman–Crippen LogP) is 2.85. The third-order valence-electron chi connectivity index (χ3n) is 8.30. The molecule has 6 heterocycles. The minimum absolute atomic E-state index is 0.158. The Balaban J connectivity index is 1.10. The van der Waals surface area contributed by atoms with E-state index in [1.807, 2.05) is 13.0 Å². The number of likely N-dealkylation sites (tertiary alicyclic amines) is 1. The lowest BCUT2D eigenvalue weighted by atomic mass is 9.89. The molecule has 0 radical (unpaired) electrons. The molecular formula is C29H28ClN9O4S. The third-order valence-corrected chi connectivity index (χ3v) is 9.87. The Morgan fingerprint density at radius 3 is 2.86 bits per heavy atom. The molecular weight excluding hydrogens is 606 g/mol. The summed E-state index contributed by atoms with van der Waals surface area (Å²) in [6.45, 7) is 3.20. The normalized spacial score (nSPS) is 21.0. The smallest absolute Gasteiger partial charge is 0.344 e. The summed E-state index contributed by atoms with van der Waals surface area (Å²) in [5, 5.41) is 11.9. The number of benzene rings is 1. The second-order valence-electron chi connectivity index (χ2n) is 11.3. The highest BCUT2D eigenvalue weighted by atomic mass is 35.5. The van der Waals surface area contributed by atoms with E-state index < -0.39 is 11.4 Å². The molecule has 0 saturated carbocycles. The summed E-state index contributed by atoms with van der Waals surface area (Å²) in [4.78, 5) is 53.7. The van der Waals surface area contributed by atoms with Gasteiger partial charge in [-0.2, -0.15) is 4.68 Å². The van der Waals surface area contributed by atoms with Crippen molar-refractivity contribution in [3.63, 3.8) is 0 Å². The molecule has 226 valence electrons. The predicted molar refractivity (Wildman–Crippen MR) is 161 cm³/mol. The van der Waals surface area contributed by atoms with Crippen LogP contribution < -0.4 is 5.56 Å². The van der Waals surface area contributed by atoms with Gasteiger partial charge >= 0.3 is 5.97 Å². The molecule has 0 spiro atoms. The molecule has 3 aliphatic rings. The fourth-order valence-corrected chi connectivity index (χ4v) is 7.34. The number of allylic oxidation sites excluding steroid dienone is 1. The highest BCUT2D eigenvalue weighted by Gasteiger charge is 2.37. The second kappa shape index (κ2) is 11.3. The fourth-order valence-electron chi connectivity index (χ4n) is 5.95. The maximum Gasteiger partial charge on any atom is 0.344 e. The molecule has 4 aromatic rings. The van der Waals surface area contributed by atoms with E-state index in [0.717, 1.165) is 18.5 Å². The Morgan fingerprint density at radius 1 is 1.23 bits per heavy atom. The van der Waals surface area contributed by atoms with Crippen molar-refractivity contribution in [2.75, 3.05) is 25.4 Å². The largest absolute Gasteiger partial charge is 0.452 e. The number of nitrogens with zero attached hydrogens (tertiary/aromatic N) is 8. The average Bonchev–Trinajstić information content (AvgIpc) is 3.84. The number of carbonyl (C=O) groups is 2. The van der Waals surface area contributed by atoms with Crippen molar-refractivity contribution in [2.45, 2.75) is 44.1 Å². The molecule has 13 nitrogen and oxygen atoms in total. The summed E-state index contributed by atoms with van der Waals surface area (Å²) >= 11 is 7.70. The Bertz CT molecular complexity index is 1850. The van der Waals surface area contributed by atoms with Crippen LogP contribution in [0.4, 0.5) is 0 Å². The average molecular weight is 634 g/mol. The van der Waals surface area contributed by atoms with Gasteiger partial charge in [0.1, 0.15) is 18.0 Å². The van der Waals surface area contributed by atoms with E-state index in [0.29, 0.717) is 70.2 Å². The molecule has 2 atom stereocenters. The van der Waals surface area contributed by atoms with E-state index in [2.05, 4.69) is 25.5 Å². The van der Waals surface area contributed by atoms with Crippen LogP contribution in [-0.2, 0) is 26.2 Å². The molecule has 3 aliphatic heterocycles. The van der Waals surface area contributed by atoms with Gasteiger partial charge in [-0.15, -0.1) is 16.9 Å². The molecule has 0 bridgehead atoms. The summed E-state index contributed by atoms with van der Waals surface area (Å²) in [5.74, 6) is 1.25. The lowest BCUT2D eigenvalue weighted by Gasteiger charge is -2.19. The highest BCUT2D eigenvalue weighted by Crippen LogP contribution is 2.41. The van der Waals surface area contributed by atoms with Crippen LogP contribution in [0.5, 0.6) is 0 Å². The van der Waals surface area contributed by atoms with E-state index in [4.69, 9.17) is 21.3 Å². The van der Waals surface area contributed by atoms with Crippen LogP contribution in [0.1, 0.15) is 49.6 Å². The Morgan fingerprint density at radius 2 is 2.07 bits per heavy atom. The van der Waals surface area contributed by atoms with E-state index >= 15 is 0 Å². The molecule has 3 aromatic heterocycles. The van der Waals surface area contributed by atoms with E-state index in [1.165, 1.54) is 28.8 Å². The maximum absolute atomic E-state index is 13.5. The van der Waals surface area contributed by atoms with Crippen LogP contribution >= 0.6 is 23.4 Å². The number of aromatic nitrogens is 8. The molecule has 2 unspecified atom stereocenters. The Kier molecular flexibility index (Phi) is 7.33. The highest BCUT2D eigenvalue weighted by molar-refractivity contribution is 8.04. The first-order valence-corrected chi connectivity index (χ1v) is 15.7. The molecule has 1 amide bonds. The van der Waals surface area contributed by atoms with Crippen LogP contribution in [0, 0.1) is 0 Å². The first kappa shape index (κ1) is 28.5. The minimum Gasteiger partial charge on any atom is -0.452 e. The number of aryl methyl sites for hydroxylation is 1. The standard InChI is InChI=1S/C29H28ClN9O4S/c1-29(12-22(44-15-29)28(42)43-14-26(41)37-8-2-3-9-37)23-13-31-27(34-23)21-6-7-24-33-19(11-25(40)39(21)24)18-10-17(30)4-5-20(18)38-16-32-35-36-38/h4-5,10-13,16,21H,2-3,6-9,14-15H2,1H3,(H,31,34). The van der Waals surface area contributed by atoms with Gasteiger partial charge in [0.15, 0.2) is 6.61 Å². The van der Waals surface area contributed by atoms with Crippen molar-refractivity contribution >= 4 is 35.2 Å². The summed E-state index contributed by atoms with van der Waals surface area (Å²) in [5.41, 5.74) is 1.89. The molecule has 44 heavy (non-hydrogen) atoms. The number of imidazole rings is 1. The zero-order chi connectivity index (χ0) is 30.4. The first-order valence-electron chi connectivity index (χ1n) is 14.3. The third kappa shape index (κ3) is 5.21. The zero-order valence-corrected chi connectivity index (χ0v) is 25.3. The molecule has 15 heteroatoms. The Labute approximate surface area is 260 Å². The summed E-state index contributed by atoms with van der Waals surface area (Å²) in [7, 11) is 0. The maximum atomic E-state index is 13.5. The van der Waals surface area contributed by atoms with Crippen molar-refractivity contribution in [1.82, 2.24) is 44.6 Å². The van der Waals surface area contributed by atoms with Crippen LogP contribution in [-0.4, -0.2) is 82.0 Å². The van der Waals surface area contributed by atoms with Crippen LogP contribution in [0.2, 0.25) is 5.02 Å². The topological polar surface area (TPSA) is 154 Å². The van der Waals surface area contributed by atoms with E-state index in [1.54, 1.807) is 33.9 Å². The number of hydrogen-bond acceptors (Lipinski definition) is 10. The van der Waals surface area contributed by atoms with Crippen molar-refractivity contribution in [1.29, 1.82) is 0 Å². The number of tetrazole rings is 1. The van der Waals surface area contributed by atoms with Crippen molar-refractivity contribution in [3.8, 4) is 16.9 Å². The van der Waals surface area contributed by atoms with Gasteiger partial charge in [-0.1, -0.05) is 17.7 Å². The lowest BCUT2D eigenvalue weighted by Crippen LogP contribution is -2.32. The zero-order valence-electron chi connectivity index (χ0n) is 23.8. The number of nitrogens with one attached hydrogen (secondary N) is 1. The molecule has 1 aromatic carbocycles.